The standard InChI is InChI=1S/C23H27N3O3S/c24-18-1-5-20(6-2-18)30(28,29)21-7-3-19(4-8-21)25-22(27)26-23-12-15-9-16(13-23)11-17(10-15)14-23/h1-8,15-17H,9-14,24H2,(H2,25,26,27). The number of rotatable bonds is 4. The van der Waals surface area contributed by atoms with Gasteiger partial charge in [0.1, 0.15) is 0 Å². The highest BCUT2D eigenvalue weighted by Crippen LogP contribution is 2.55. The van der Waals surface area contributed by atoms with E-state index < -0.39 is 9.84 Å². The Labute approximate surface area is 177 Å². The van der Waals surface area contributed by atoms with E-state index in [1.165, 1.54) is 43.5 Å². The van der Waals surface area contributed by atoms with Gasteiger partial charge in [-0.3, -0.25) is 0 Å². The van der Waals surface area contributed by atoms with E-state index in [1.807, 2.05) is 0 Å². The fourth-order valence-electron chi connectivity index (χ4n) is 6.17. The highest BCUT2D eigenvalue weighted by molar-refractivity contribution is 7.91. The third kappa shape index (κ3) is 3.55. The largest absolute Gasteiger partial charge is 0.399 e. The molecule has 2 amide bonds. The maximum absolute atomic E-state index is 12.8. The molecule has 0 heterocycles. The van der Waals surface area contributed by atoms with E-state index in [-0.39, 0.29) is 21.4 Å². The lowest BCUT2D eigenvalue weighted by Crippen LogP contribution is -2.60. The molecular formula is C23H27N3O3S. The Balaban J connectivity index is 1.26. The maximum atomic E-state index is 12.8. The molecule has 2 aromatic carbocycles. The summed E-state index contributed by atoms with van der Waals surface area (Å²) in [6, 6.07) is 12.2. The van der Waals surface area contributed by atoms with E-state index in [1.54, 1.807) is 24.3 Å². The number of anilines is 2. The van der Waals surface area contributed by atoms with Crippen LogP contribution in [0.3, 0.4) is 0 Å². The number of hydrogen-bond acceptors (Lipinski definition) is 4. The molecule has 0 spiro atoms. The lowest BCUT2D eigenvalue weighted by atomic mass is 9.53. The predicted molar refractivity (Wildman–Crippen MR) is 116 cm³/mol. The Kier molecular flexibility index (Phi) is 4.54. The topological polar surface area (TPSA) is 101 Å². The number of carbonyl (C=O) groups excluding carboxylic acids is 1. The van der Waals surface area contributed by atoms with Gasteiger partial charge in [0.05, 0.1) is 9.79 Å². The summed E-state index contributed by atoms with van der Waals surface area (Å²) in [5, 5.41) is 6.15. The Hall–Kier alpha value is -2.54. The molecule has 158 valence electrons. The monoisotopic (exact) mass is 425 g/mol. The molecule has 30 heavy (non-hydrogen) atoms. The quantitative estimate of drug-likeness (QED) is 0.639. The van der Waals surface area contributed by atoms with Crippen LogP contribution in [0.25, 0.3) is 0 Å². The molecule has 0 atom stereocenters. The van der Waals surface area contributed by atoms with Crippen LogP contribution in [0.2, 0.25) is 0 Å². The van der Waals surface area contributed by atoms with E-state index >= 15 is 0 Å². The van der Waals surface area contributed by atoms with Crippen LogP contribution in [0.15, 0.2) is 58.3 Å². The lowest BCUT2D eigenvalue weighted by Gasteiger charge is -2.56. The molecule has 4 fully saturated rings. The number of nitrogen functional groups attached to an aromatic ring is 1. The van der Waals surface area contributed by atoms with Crippen molar-refractivity contribution in [3.05, 3.63) is 48.5 Å². The first kappa shape index (κ1) is 19.4. The Morgan fingerprint density at radius 3 is 1.80 bits per heavy atom. The Morgan fingerprint density at radius 2 is 1.30 bits per heavy atom. The summed E-state index contributed by atoms with van der Waals surface area (Å²) in [7, 11) is -3.62. The zero-order valence-corrected chi connectivity index (χ0v) is 17.6. The molecule has 4 bridgehead atoms. The van der Waals surface area contributed by atoms with Crippen LogP contribution < -0.4 is 16.4 Å². The van der Waals surface area contributed by atoms with Crippen LogP contribution in [0.4, 0.5) is 16.2 Å². The van der Waals surface area contributed by atoms with Crippen LogP contribution in [-0.4, -0.2) is 20.0 Å². The highest BCUT2D eigenvalue weighted by atomic mass is 32.2. The minimum absolute atomic E-state index is 0.0583. The normalized spacial score (nSPS) is 29.5. The number of nitrogens with one attached hydrogen (secondary N) is 2. The molecule has 4 aliphatic rings. The number of urea groups is 1. The van der Waals surface area contributed by atoms with Crippen molar-refractivity contribution in [2.45, 2.75) is 53.9 Å². The molecule has 0 saturated heterocycles. The molecule has 0 aromatic heterocycles. The zero-order chi connectivity index (χ0) is 20.9. The predicted octanol–water partition coefficient (Wildman–Crippen LogP) is 4.19. The van der Waals surface area contributed by atoms with Crippen molar-refractivity contribution in [1.29, 1.82) is 0 Å². The molecule has 7 heteroatoms. The summed E-state index contributed by atoms with van der Waals surface area (Å²) in [5.74, 6) is 2.28. The first-order valence-corrected chi connectivity index (χ1v) is 12.1. The molecular weight excluding hydrogens is 398 g/mol. The van der Waals surface area contributed by atoms with Gasteiger partial charge in [-0.25, -0.2) is 13.2 Å². The van der Waals surface area contributed by atoms with Crippen LogP contribution in [0, 0.1) is 17.8 Å². The Bertz CT molecular complexity index is 1030. The van der Waals surface area contributed by atoms with Crippen molar-refractivity contribution < 1.29 is 13.2 Å². The number of nitrogens with two attached hydrogens (primary N) is 1. The second kappa shape index (κ2) is 7.01. The highest BCUT2D eigenvalue weighted by Gasteiger charge is 2.51. The molecule has 4 saturated carbocycles. The maximum Gasteiger partial charge on any atom is 0.319 e. The van der Waals surface area contributed by atoms with Gasteiger partial charge in [0, 0.05) is 16.9 Å². The molecule has 6 nitrogen and oxygen atoms in total. The van der Waals surface area contributed by atoms with E-state index in [2.05, 4.69) is 10.6 Å². The fourth-order valence-corrected chi connectivity index (χ4v) is 7.43. The van der Waals surface area contributed by atoms with Crippen LogP contribution in [0.5, 0.6) is 0 Å². The van der Waals surface area contributed by atoms with E-state index in [9.17, 15) is 13.2 Å². The SMILES string of the molecule is Nc1ccc(S(=O)(=O)c2ccc(NC(=O)NC34CC5CC(CC(C5)C3)C4)cc2)cc1. The van der Waals surface area contributed by atoms with Gasteiger partial charge in [0.2, 0.25) is 9.84 Å². The lowest BCUT2D eigenvalue weighted by molar-refractivity contribution is -0.0127. The van der Waals surface area contributed by atoms with Crippen molar-refractivity contribution in [2.75, 3.05) is 11.1 Å². The van der Waals surface area contributed by atoms with Crippen molar-refractivity contribution in [3.63, 3.8) is 0 Å². The number of amides is 2. The molecule has 4 aliphatic carbocycles. The summed E-state index contributed by atoms with van der Waals surface area (Å²) in [4.78, 5) is 13.1. The van der Waals surface area contributed by atoms with Crippen molar-refractivity contribution >= 4 is 27.2 Å². The number of sulfone groups is 1. The summed E-state index contributed by atoms with van der Waals surface area (Å²) in [5.41, 5.74) is 6.67. The van der Waals surface area contributed by atoms with Crippen molar-refractivity contribution in [3.8, 4) is 0 Å². The summed E-state index contributed by atoms with van der Waals surface area (Å²) in [6.07, 6.45) is 7.24. The van der Waals surface area contributed by atoms with E-state index in [4.69, 9.17) is 5.73 Å². The van der Waals surface area contributed by atoms with Crippen LogP contribution in [-0.2, 0) is 9.84 Å². The van der Waals surface area contributed by atoms with Gasteiger partial charge in [-0.15, -0.1) is 0 Å². The molecule has 0 radical (unpaired) electrons. The Morgan fingerprint density at radius 1 is 0.833 bits per heavy atom. The molecule has 0 aliphatic heterocycles. The average Bonchev–Trinajstić information content (AvgIpc) is 2.67. The number of benzene rings is 2. The van der Waals surface area contributed by atoms with Gasteiger partial charge in [-0.2, -0.15) is 0 Å². The van der Waals surface area contributed by atoms with Crippen LogP contribution >= 0.6 is 0 Å². The molecule has 6 rings (SSSR count). The molecule has 0 unspecified atom stereocenters. The minimum atomic E-state index is -3.62. The second-order valence-electron chi connectivity index (χ2n) is 9.37. The molecule has 2 aromatic rings. The fraction of sp³-hybridized carbons (Fsp3) is 0.435. The van der Waals surface area contributed by atoms with Gasteiger partial charge in [-0.05, 0) is 105 Å². The number of hydrogen-bond donors (Lipinski definition) is 3. The minimum Gasteiger partial charge on any atom is -0.399 e. The third-order valence-electron chi connectivity index (χ3n) is 7.03. The second-order valence-corrected chi connectivity index (χ2v) is 11.3. The van der Waals surface area contributed by atoms with Crippen molar-refractivity contribution in [1.82, 2.24) is 5.32 Å². The zero-order valence-electron chi connectivity index (χ0n) is 16.8. The van der Waals surface area contributed by atoms with Gasteiger partial charge in [0.15, 0.2) is 0 Å². The van der Waals surface area contributed by atoms with E-state index in [0.717, 1.165) is 37.0 Å². The molecule has 4 N–H and O–H groups in total. The first-order chi connectivity index (χ1) is 14.3. The summed E-state index contributed by atoms with van der Waals surface area (Å²) < 4.78 is 25.5. The first-order valence-electron chi connectivity index (χ1n) is 10.6. The van der Waals surface area contributed by atoms with Gasteiger partial charge >= 0.3 is 6.03 Å². The van der Waals surface area contributed by atoms with Gasteiger partial charge in [-0.1, -0.05) is 0 Å². The summed E-state index contributed by atoms with van der Waals surface area (Å²) >= 11 is 0. The van der Waals surface area contributed by atoms with Gasteiger partial charge in [0.25, 0.3) is 0 Å². The van der Waals surface area contributed by atoms with Crippen LogP contribution in [0.1, 0.15) is 38.5 Å². The number of carbonyl (C=O) groups is 1. The van der Waals surface area contributed by atoms with E-state index in [0.29, 0.717) is 11.4 Å². The van der Waals surface area contributed by atoms with Crippen molar-refractivity contribution in [2.24, 2.45) is 17.8 Å². The summed E-state index contributed by atoms with van der Waals surface area (Å²) in [6.45, 7) is 0. The van der Waals surface area contributed by atoms with Gasteiger partial charge < -0.3 is 16.4 Å². The smallest absolute Gasteiger partial charge is 0.319 e. The third-order valence-corrected chi connectivity index (χ3v) is 8.82. The average molecular weight is 426 g/mol.